The summed E-state index contributed by atoms with van der Waals surface area (Å²) in [5, 5.41) is 0.425. The van der Waals surface area contributed by atoms with E-state index in [1.165, 1.54) is 4.90 Å². The van der Waals surface area contributed by atoms with Crippen LogP contribution in [0.2, 0.25) is 0 Å². The summed E-state index contributed by atoms with van der Waals surface area (Å²) in [7, 11) is -1.49. The molecule has 8 heteroatoms. The second kappa shape index (κ2) is 8.43. The zero-order valence-corrected chi connectivity index (χ0v) is 19.0. The molecule has 0 radical (unpaired) electrons. The van der Waals surface area contributed by atoms with Gasteiger partial charge in [0.2, 0.25) is 5.43 Å². The molecule has 0 spiro atoms. The van der Waals surface area contributed by atoms with Crippen LogP contribution in [0.25, 0.3) is 22.1 Å². The Balaban J connectivity index is 1.56. The Morgan fingerprint density at radius 1 is 1.19 bits per heavy atom. The van der Waals surface area contributed by atoms with Crippen molar-refractivity contribution in [2.75, 3.05) is 18.6 Å². The zero-order valence-electron chi connectivity index (χ0n) is 18.2. The topological polar surface area (TPSA) is 93.9 Å². The van der Waals surface area contributed by atoms with E-state index in [4.69, 9.17) is 9.15 Å². The maximum absolute atomic E-state index is 13.1. The SMILES string of the molecule is Cc1oc2cc(OC(C)C(=O)N(C)C3CCS(=O)(=O)C3)ccc2c(=O)c1-c1ccccc1. The number of carbonyl (C=O) groups excluding carboxylic acids is 1. The maximum atomic E-state index is 13.1. The quantitative estimate of drug-likeness (QED) is 0.587. The standard InChI is InChI=1S/C24H25NO6S/c1-15-22(17-7-5-4-6-8-17)23(26)20-10-9-19(13-21(20)31-15)30-16(2)24(27)25(3)18-11-12-32(28,29)14-18/h4-10,13,16,18H,11-12,14H2,1-3H3. The van der Waals surface area contributed by atoms with Crippen molar-refractivity contribution in [3.8, 4) is 16.9 Å². The molecule has 1 amide bonds. The van der Waals surface area contributed by atoms with Crippen molar-refractivity contribution in [2.24, 2.45) is 0 Å². The van der Waals surface area contributed by atoms with Gasteiger partial charge < -0.3 is 14.1 Å². The van der Waals surface area contributed by atoms with Gasteiger partial charge in [-0.2, -0.15) is 0 Å². The van der Waals surface area contributed by atoms with Crippen LogP contribution in [-0.4, -0.2) is 49.9 Å². The fourth-order valence-electron chi connectivity index (χ4n) is 4.10. The lowest BCUT2D eigenvalue weighted by Gasteiger charge is -2.26. The molecule has 32 heavy (non-hydrogen) atoms. The molecule has 2 heterocycles. The van der Waals surface area contributed by atoms with Crippen LogP contribution in [-0.2, 0) is 14.6 Å². The monoisotopic (exact) mass is 455 g/mol. The molecule has 0 bridgehead atoms. The molecule has 0 N–H and O–H groups in total. The molecule has 4 rings (SSSR count). The van der Waals surface area contributed by atoms with Crippen molar-refractivity contribution < 1.29 is 22.4 Å². The molecule has 1 aliphatic rings. The van der Waals surface area contributed by atoms with Gasteiger partial charge in [-0.3, -0.25) is 9.59 Å². The summed E-state index contributed by atoms with van der Waals surface area (Å²) in [6, 6.07) is 13.9. The third-order valence-electron chi connectivity index (χ3n) is 5.87. The first-order valence-corrected chi connectivity index (χ1v) is 12.2. The average molecular weight is 456 g/mol. The molecular weight excluding hydrogens is 430 g/mol. The summed E-state index contributed by atoms with van der Waals surface area (Å²) in [6.45, 7) is 3.36. The number of nitrogens with zero attached hydrogens (tertiary/aromatic N) is 1. The average Bonchev–Trinajstić information content (AvgIpc) is 3.13. The zero-order chi connectivity index (χ0) is 23.0. The number of rotatable bonds is 5. The highest BCUT2D eigenvalue weighted by Gasteiger charge is 2.34. The largest absolute Gasteiger partial charge is 0.481 e. The second-order valence-electron chi connectivity index (χ2n) is 8.15. The summed E-state index contributed by atoms with van der Waals surface area (Å²) < 4.78 is 35.2. The van der Waals surface area contributed by atoms with E-state index in [1.807, 2.05) is 30.3 Å². The molecular formula is C24H25NO6S. The molecule has 0 saturated carbocycles. The minimum Gasteiger partial charge on any atom is -0.481 e. The number of benzene rings is 2. The molecule has 3 aromatic rings. The van der Waals surface area contributed by atoms with Crippen molar-refractivity contribution in [3.05, 3.63) is 64.5 Å². The first-order chi connectivity index (χ1) is 15.2. The molecule has 1 aromatic heterocycles. The third kappa shape index (κ3) is 4.27. The first-order valence-electron chi connectivity index (χ1n) is 10.4. The van der Waals surface area contributed by atoms with E-state index in [0.717, 1.165) is 5.56 Å². The molecule has 2 unspecified atom stereocenters. The van der Waals surface area contributed by atoms with Crippen molar-refractivity contribution in [3.63, 3.8) is 0 Å². The van der Waals surface area contributed by atoms with Crippen molar-refractivity contribution in [1.82, 2.24) is 4.90 Å². The third-order valence-corrected chi connectivity index (χ3v) is 7.62. The van der Waals surface area contributed by atoms with Gasteiger partial charge in [0.15, 0.2) is 15.9 Å². The van der Waals surface area contributed by atoms with Crippen molar-refractivity contribution in [1.29, 1.82) is 0 Å². The number of carbonyl (C=O) groups is 1. The molecule has 2 aromatic carbocycles. The van der Waals surface area contributed by atoms with E-state index in [9.17, 15) is 18.0 Å². The normalized spacial score (nSPS) is 18.4. The van der Waals surface area contributed by atoms with Crippen LogP contribution in [0.3, 0.4) is 0 Å². The van der Waals surface area contributed by atoms with Gasteiger partial charge in [-0.25, -0.2) is 8.42 Å². The maximum Gasteiger partial charge on any atom is 0.263 e. The Kier molecular flexibility index (Phi) is 5.81. The summed E-state index contributed by atoms with van der Waals surface area (Å²) in [5.41, 5.74) is 1.55. The molecule has 168 valence electrons. The van der Waals surface area contributed by atoms with Crippen LogP contribution < -0.4 is 10.2 Å². The molecule has 0 aliphatic carbocycles. The van der Waals surface area contributed by atoms with Crippen molar-refractivity contribution >= 4 is 26.7 Å². The van der Waals surface area contributed by atoms with E-state index in [-0.39, 0.29) is 28.9 Å². The van der Waals surface area contributed by atoms with Crippen molar-refractivity contribution in [2.45, 2.75) is 32.4 Å². The smallest absolute Gasteiger partial charge is 0.263 e. The van der Waals surface area contributed by atoms with E-state index >= 15 is 0 Å². The van der Waals surface area contributed by atoms with Gasteiger partial charge in [0.25, 0.3) is 5.91 Å². The highest BCUT2D eigenvalue weighted by atomic mass is 32.2. The van der Waals surface area contributed by atoms with Gasteiger partial charge in [-0.15, -0.1) is 0 Å². The van der Waals surface area contributed by atoms with Gasteiger partial charge in [0, 0.05) is 19.2 Å². The minimum absolute atomic E-state index is 0.0217. The number of amides is 1. The lowest BCUT2D eigenvalue weighted by molar-refractivity contribution is -0.138. The fourth-order valence-corrected chi connectivity index (χ4v) is 5.87. The number of hydrogen-bond donors (Lipinski definition) is 0. The Bertz CT molecular complexity index is 1330. The Labute approximate surface area is 186 Å². The van der Waals surface area contributed by atoms with Gasteiger partial charge in [-0.1, -0.05) is 30.3 Å². The lowest BCUT2D eigenvalue weighted by Crippen LogP contribution is -2.44. The number of fused-ring (bicyclic) bond motifs is 1. The number of hydrogen-bond acceptors (Lipinski definition) is 6. The predicted octanol–water partition coefficient (Wildman–Crippen LogP) is 3.18. The summed E-state index contributed by atoms with van der Waals surface area (Å²) in [5.74, 6) is 0.659. The summed E-state index contributed by atoms with van der Waals surface area (Å²) >= 11 is 0. The highest BCUT2D eigenvalue weighted by molar-refractivity contribution is 7.91. The van der Waals surface area contributed by atoms with Crippen LogP contribution in [0, 0.1) is 6.92 Å². The number of sulfone groups is 1. The van der Waals surface area contributed by atoms with Gasteiger partial charge in [0.1, 0.15) is 17.1 Å². The van der Waals surface area contributed by atoms with Crippen LogP contribution in [0.15, 0.2) is 57.7 Å². The Morgan fingerprint density at radius 2 is 1.91 bits per heavy atom. The minimum atomic E-state index is -3.09. The Morgan fingerprint density at radius 3 is 2.56 bits per heavy atom. The molecule has 1 saturated heterocycles. The predicted molar refractivity (Wildman–Crippen MR) is 123 cm³/mol. The number of aryl methyl sites for hydroxylation is 1. The van der Waals surface area contributed by atoms with Crippen LogP contribution in [0.1, 0.15) is 19.1 Å². The fraction of sp³-hybridized carbons (Fsp3) is 0.333. The van der Waals surface area contributed by atoms with E-state index in [1.54, 1.807) is 39.1 Å². The van der Waals surface area contributed by atoms with Gasteiger partial charge in [-0.05, 0) is 38.0 Å². The molecule has 2 atom stereocenters. The summed E-state index contributed by atoms with van der Waals surface area (Å²) in [6.07, 6.45) is -0.390. The van der Waals surface area contributed by atoms with E-state index < -0.39 is 15.9 Å². The van der Waals surface area contributed by atoms with Crippen LogP contribution in [0.4, 0.5) is 0 Å². The van der Waals surface area contributed by atoms with Crippen LogP contribution in [0.5, 0.6) is 5.75 Å². The summed E-state index contributed by atoms with van der Waals surface area (Å²) in [4.78, 5) is 27.3. The van der Waals surface area contributed by atoms with Gasteiger partial charge >= 0.3 is 0 Å². The molecule has 7 nitrogen and oxygen atoms in total. The number of ether oxygens (including phenoxy) is 1. The Hall–Kier alpha value is -3.13. The lowest BCUT2D eigenvalue weighted by atomic mass is 10.0. The molecule has 1 aliphatic heterocycles. The second-order valence-corrected chi connectivity index (χ2v) is 10.4. The first kappa shape index (κ1) is 22.1. The molecule has 1 fully saturated rings. The van der Waals surface area contributed by atoms with Crippen LogP contribution >= 0.6 is 0 Å². The highest BCUT2D eigenvalue weighted by Crippen LogP contribution is 2.27. The van der Waals surface area contributed by atoms with E-state index in [0.29, 0.717) is 34.5 Å². The van der Waals surface area contributed by atoms with E-state index in [2.05, 4.69) is 0 Å². The van der Waals surface area contributed by atoms with Gasteiger partial charge in [0.05, 0.1) is 22.5 Å². The number of likely N-dealkylation sites (N-methyl/N-ethyl adjacent to an activating group) is 1.